The molecule has 0 radical (unpaired) electrons. The van der Waals surface area contributed by atoms with Crippen molar-refractivity contribution in [2.24, 2.45) is 0 Å². The van der Waals surface area contributed by atoms with Crippen molar-refractivity contribution in [3.05, 3.63) is 54.1 Å². The van der Waals surface area contributed by atoms with Crippen LogP contribution in [0.15, 0.2) is 53.4 Å². The molecule has 3 rings (SSSR count). The Labute approximate surface area is 149 Å². The van der Waals surface area contributed by atoms with E-state index in [1.165, 1.54) is 0 Å². The molecular formula is C19H23NO4S. The van der Waals surface area contributed by atoms with Crippen LogP contribution in [0, 0.1) is 0 Å². The van der Waals surface area contributed by atoms with Crippen LogP contribution in [0.5, 0.6) is 5.75 Å². The summed E-state index contributed by atoms with van der Waals surface area (Å²) in [7, 11) is -3.66. The standard InChI is InChI=1S/C19H23NO4S/c1-19(2,3)17-10-9-14(23-12-15-13-24-15)11-18(17)20-25(21,22)16-7-5-4-6-8-16/h4-11,15,20H,12-13H2,1-3H3. The molecule has 1 unspecified atom stereocenters. The van der Waals surface area contributed by atoms with Gasteiger partial charge in [0, 0.05) is 6.07 Å². The number of hydrogen-bond donors (Lipinski definition) is 1. The molecule has 1 aliphatic heterocycles. The predicted molar refractivity (Wildman–Crippen MR) is 97.6 cm³/mol. The molecule has 0 bridgehead atoms. The number of benzene rings is 2. The molecule has 6 heteroatoms. The maximum Gasteiger partial charge on any atom is 0.261 e. The maximum atomic E-state index is 12.7. The molecule has 0 aromatic heterocycles. The molecule has 2 aromatic carbocycles. The van der Waals surface area contributed by atoms with Crippen molar-refractivity contribution >= 4 is 15.7 Å². The molecule has 1 N–H and O–H groups in total. The van der Waals surface area contributed by atoms with Gasteiger partial charge in [-0.3, -0.25) is 4.72 Å². The van der Waals surface area contributed by atoms with Crippen LogP contribution in [0.4, 0.5) is 5.69 Å². The number of rotatable bonds is 6. The number of epoxide rings is 1. The fraction of sp³-hybridized carbons (Fsp3) is 0.368. The van der Waals surface area contributed by atoms with Crippen LogP contribution < -0.4 is 9.46 Å². The molecule has 134 valence electrons. The molecule has 2 aromatic rings. The van der Waals surface area contributed by atoms with E-state index in [1.807, 2.05) is 32.9 Å². The maximum absolute atomic E-state index is 12.7. The fourth-order valence-corrected chi connectivity index (χ4v) is 3.60. The lowest BCUT2D eigenvalue weighted by atomic mass is 9.86. The van der Waals surface area contributed by atoms with Crippen molar-refractivity contribution in [1.82, 2.24) is 0 Å². The van der Waals surface area contributed by atoms with E-state index >= 15 is 0 Å². The summed E-state index contributed by atoms with van der Waals surface area (Å²) >= 11 is 0. The largest absolute Gasteiger partial charge is 0.491 e. The second-order valence-corrected chi connectivity index (χ2v) is 8.82. The van der Waals surface area contributed by atoms with Crippen molar-refractivity contribution in [1.29, 1.82) is 0 Å². The molecular weight excluding hydrogens is 338 g/mol. The van der Waals surface area contributed by atoms with Gasteiger partial charge in [-0.25, -0.2) is 8.42 Å². The molecule has 1 saturated heterocycles. The first-order valence-corrected chi connectivity index (χ1v) is 9.71. The van der Waals surface area contributed by atoms with Crippen LogP contribution in [0.1, 0.15) is 26.3 Å². The highest BCUT2D eigenvalue weighted by molar-refractivity contribution is 7.92. The molecule has 1 fully saturated rings. The summed E-state index contributed by atoms with van der Waals surface area (Å²) in [5, 5.41) is 0. The molecule has 0 spiro atoms. The van der Waals surface area contributed by atoms with Crippen molar-refractivity contribution < 1.29 is 17.9 Å². The second-order valence-electron chi connectivity index (χ2n) is 7.14. The molecule has 0 saturated carbocycles. The summed E-state index contributed by atoms with van der Waals surface area (Å²) in [6, 6.07) is 13.9. The fourth-order valence-electron chi connectivity index (χ4n) is 2.51. The van der Waals surface area contributed by atoms with Crippen molar-refractivity contribution in [2.75, 3.05) is 17.9 Å². The zero-order valence-electron chi connectivity index (χ0n) is 14.7. The average molecular weight is 361 g/mol. The van der Waals surface area contributed by atoms with Gasteiger partial charge in [0.05, 0.1) is 17.2 Å². The summed E-state index contributed by atoms with van der Waals surface area (Å²) in [6.45, 7) is 7.32. The van der Waals surface area contributed by atoms with E-state index in [2.05, 4.69) is 4.72 Å². The highest BCUT2D eigenvalue weighted by Crippen LogP contribution is 2.34. The lowest BCUT2D eigenvalue weighted by Crippen LogP contribution is -2.19. The first kappa shape index (κ1) is 17.8. The van der Waals surface area contributed by atoms with Crippen molar-refractivity contribution in [2.45, 2.75) is 37.2 Å². The van der Waals surface area contributed by atoms with E-state index in [0.29, 0.717) is 24.7 Å². The summed E-state index contributed by atoms with van der Waals surface area (Å²) in [5.74, 6) is 0.620. The lowest BCUT2D eigenvalue weighted by molar-refractivity contribution is 0.263. The Bertz CT molecular complexity index is 837. The van der Waals surface area contributed by atoms with E-state index in [9.17, 15) is 8.42 Å². The van der Waals surface area contributed by atoms with Gasteiger partial charge in [0.2, 0.25) is 0 Å². The Hall–Kier alpha value is -2.05. The Morgan fingerprint density at radius 1 is 1.16 bits per heavy atom. The van der Waals surface area contributed by atoms with Gasteiger partial charge in [0.15, 0.2) is 0 Å². The van der Waals surface area contributed by atoms with Gasteiger partial charge < -0.3 is 9.47 Å². The van der Waals surface area contributed by atoms with E-state index in [1.54, 1.807) is 36.4 Å². The lowest BCUT2D eigenvalue weighted by Gasteiger charge is -2.24. The Morgan fingerprint density at radius 2 is 1.84 bits per heavy atom. The van der Waals surface area contributed by atoms with Gasteiger partial charge in [-0.1, -0.05) is 45.0 Å². The number of nitrogens with one attached hydrogen (secondary N) is 1. The minimum atomic E-state index is -3.66. The van der Waals surface area contributed by atoms with Crippen LogP contribution >= 0.6 is 0 Å². The first-order chi connectivity index (χ1) is 11.8. The molecule has 1 aliphatic rings. The summed E-state index contributed by atoms with van der Waals surface area (Å²) < 4.78 is 38.9. The van der Waals surface area contributed by atoms with Gasteiger partial charge in [-0.05, 0) is 29.2 Å². The summed E-state index contributed by atoms with van der Waals surface area (Å²) in [4.78, 5) is 0.229. The minimum absolute atomic E-state index is 0.145. The average Bonchev–Trinajstić information content (AvgIpc) is 3.37. The summed E-state index contributed by atoms with van der Waals surface area (Å²) in [6.07, 6.45) is 0.145. The smallest absolute Gasteiger partial charge is 0.261 e. The Kier molecular flexibility index (Phi) is 4.75. The SMILES string of the molecule is CC(C)(C)c1ccc(OCC2CO2)cc1NS(=O)(=O)c1ccccc1. The van der Waals surface area contributed by atoms with Crippen molar-refractivity contribution in [3.8, 4) is 5.75 Å². The molecule has 25 heavy (non-hydrogen) atoms. The van der Waals surface area contributed by atoms with E-state index in [-0.39, 0.29) is 16.4 Å². The highest BCUT2D eigenvalue weighted by Gasteiger charge is 2.25. The third-order valence-electron chi connectivity index (χ3n) is 3.94. The van der Waals surface area contributed by atoms with Gasteiger partial charge in [0.1, 0.15) is 18.5 Å². The van der Waals surface area contributed by atoms with Crippen LogP contribution in [0.25, 0.3) is 0 Å². The van der Waals surface area contributed by atoms with Gasteiger partial charge in [-0.15, -0.1) is 0 Å². The normalized spacial score (nSPS) is 17.2. The molecule has 0 aliphatic carbocycles. The topological polar surface area (TPSA) is 67.9 Å². The van der Waals surface area contributed by atoms with Crippen LogP contribution in [-0.4, -0.2) is 27.7 Å². The van der Waals surface area contributed by atoms with Gasteiger partial charge in [0.25, 0.3) is 10.0 Å². The zero-order valence-corrected chi connectivity index (χ0v) is 15.5. The second kappa shape index (κ2) is 6.69. The van der Waals surface area contributed by atoms with Gasteiger partial charge in [-0.2, -0.15) is 0 Å². The minimum Gasteiger partial charge on any atom is -0.491 e. The van der Waals surface area contributed by atoms with E-state index < -0.39 is 10.0 Å². The Balaban J connectivity index is 1.92. The monoisotopic (exact) mass is 361 g/mol. The third-order valence-corrected chi connectivity index (χ3v) is 5.32. The quantitative estimate of drug-likeness (QED) is 0.799. The Morgan fingerprint density at radius 3 is 2.44 bits per heavy atom. The molecule has 5 nitrogen and oxygen atoms in total. The van der Waals surface area contributed by atoms with Crippen LogP contribution in [0.3, 0.4) is 0 Å². The van der Waals surface area contributed by atoms with E-state index in [4.69, 9.17) is 9.47 Å². The van der Waals surface area contributed by atoms with Crippen molar-refractivity contribution in [3.63, 3.8) is 0 Å². The number of ether oxygens (including phenoxy) is 2. The predicted octanol–water partition coefficient (Wildman–Crippen LogP) is 3.56. The molecule has 1 heterocycles. The van der Waals surface area contributed by atoms with Crippen LogP contribution in [-0.2, 0) is 20.2 Å². The van der Waals surface area contributed by atoms with E-state index in [0.717, 1.165) is 5.56 Å². The number of hydrogen-bond acceptors (Lipinski definition) is 4. The zero-order chi connectivity index (χ0) is 18.1. The number of sulfonamides is 1. The molecule has 1 atom stereocenters. The highest BCUT2D eigenvalue weighted by atomic mass is 32.2. The third kappa shape index (κ3) is 4.52. The first-order valence-electron chi connectivity index (χ1n) is 8.22. The van der Waals surface area contributed by atoms with Crippen LogP contribution in [0.2, 0.25) is 0 Å². The molecule has 0 amide bonds. The number of anilines is 1. The van der Waals surface area contributed by atoms with Gasteiger partial charge >= 0.3 is 0 Å². The summed E-state index contributed by atoms with van der Waals surface area (Å²) in [5.41, 5.74) is 1.22.